The van der Waals surface area contributed by atoms with Crippen LogP contribution in [0.3, 0.4) is 0 Å². The molecule has 8 heteroatoms. The molecular weight excluding hydrogens is 432 g/mol. The fraction of sp³-hybridized carbons (Fsp3) is 0.577. The molecule has 1 aliphatic rings. The second-order valence-corrected chi connectivity index (χ2v) is 9.97. The lowest BCUT2D eigenvalue weighted by Gasteiger charge is -2.34. The summed E-state index contributed by atoms with van der Waals surface area (Å²) in [5.74, 6) is -0.0294. The number of amides is 2. The molecule has 0 bridgehead atoms. The molecule has 1 N–H and O–H groups in total. The Hall–Kier alpha value is -2.87. The van der Waals surface area contributed by atoms with E-state index in [0.29, 0.717) is 31.8 Å². The molecule has 1 aromatic heterocycles. The Bertz CT molecular complexity index is 1000. The van der Waals surface area contributed by atoms with Crippen LogP contribution in [0.5, 0.6) is 0 Å². The number of hydrogen-bond donors (Lipinski definition) is 1. The van der Waals surface area contributed by atoms with E-state index in [-0.39, 0.29) is 17.9 Å². The van der Waals surface area contributed by atoms with Crippen LogP contribution in [0.1, 0.15) is 73.1 Å². The Labute approximate surface area is 202 Å². The zero-order valence-corrected chi connectivity index (χ0v) is 21.3. The molecule has 2 amide bonds. The van der Waals surface area contributed by atoms with Crippen molar-refractivity contribution in [3.8, 4) is 5.69 Å². The number of nitrogens with one attached hydrogen (secondary N) is 1. The van der Waals surface area contributed by atoms with Gasteiger partial charge in [0.2, 0.25) is 0 Å². The first kappa shape index (κ1) is 25.7. The monoisotopic (exact) mass is 470 g/mol. The van der Waals surface area contributed by atoms with Gasteiger partial charge in [-0.1, -0.05) is 6.07 Å². The van der Waals surface area contributed by atoms with E-state index in [2.05, 4.69) is 36.4 Å². The number of likely N-dealkylation sites (tertiary alicyclic amines) is 1. The van der Waals surface area contributed by atoms with Gasteiger partial charge in [-0.2, -0.15) is 5.10 Å². The molecule has 8 nitrogen and oxygen atoms in total. The third-order valence-electron chi connectivity index (χ3n) is 6.13. The van der Waals surface area contributed by atoms with Gasteiger partial charge in [-0.05, 0) is 77.1 Å². The van der Waals surface area contributed by atoms with Gasteiger partial charge in [-0.15, -0.1) is 0 Å². The molecule has 2 aromatic rings. The summed E-state index contributed by atoms with van der Waals surface area (Å²) < 4.78 is 12.5. The van der Waals surface area contributed by atoms with E-state index in [1.165, 1.54) is 11.1 Å². The summed E-state index contributed by atoms with van der Waals surface area (Å²) in [5.41, 5.74) is 4.28. The highest BCUT2D eigenvalue weighted by molar-refractivity contribution is 5.95. The lowest BCUT2D eigenvalue weighted by molar-refractivity contribution is 0.0203. The first-order valence-corrected chi connectivity index (χ1v) is 12.0. The molecule has 186 valence electrons. The van der Waals surface area contributed by atoms with Crippen LogP contribution >= 0.6 is 0 Å². The van der Waals surface area contributed by atoms with Crippen molar-refractivity contribution in [2.45, 2.75) is 65.4 Å². The van der Waals surface area contributed by atoms with Crippen LogP contribution in [-0.4, -0.2) is 65.6 Å². The van der Waals surface area contributed by atoms with Gasteiger partial charge in [0.1, 0.15) is 5.60 Å². The van der Waals surface area contributed by atoms with Gasteiger partial charge in [-0.3, -0.25) is 4.79 Å². The molecule has 1 aromatic carbocycles. The van der Waals surface area contributed by atoms with Gasteiger partial charge in [-0.25, -0.2) is 9.48 Å². The lowest BCUT2D eigenvalue weighted by atomic mass is 9.90. The first-order valence-electron chi connectivity index (χ1n) is 12.0. The van der Waals surface area contributed by atoms with E-state index in [4.69, 9.17) is 9.47 Å². The maximum Gasteiger partial charge on any atom is 0.410 e. The number of rotatable bonds is 7. The van der Waals surface area contributed by atoms with Crippen LogP contribution < -0.4 is 5.32 Å². The quantitative estimate of drug-likeness (QED) is 0.608. The van der Waals surface area contributed by atoms with Crippen molar-refractivity contribution >= 4 is 12.0 Å². The molecule has 0 unspecified atom stereocenters. The molecule has 1 aliphatic heterocycles. The molecule has 0 radical (unpaired) electrons. The van der Waals surface area contributed by atoms with Crippen LogP contribution in [0.4, 0.5) is 4.79 Å². The minimum absolute atomic E-state index is 0.0996. The summed E-state index contributed by atoms with van der Waals surface area (Å²) in [4.78, 5) is 27.4. The van der Waals surface area contributed by atoms with E-state index in [0.717, 1.165) is 30.6 Å². The van der Waals surface area contributed by atoms with Crippen molar-refractivity contribution in [1.29, 1.82) is 0 Å². The first-order chi connectivity index (χ1) is 16.1. The maximum atomic E-state index is 13.1. The average molecular weight is 471 g/mol. The molecule has 1 saturated heterocycles. The van der Waals surface area contributed by atoms with Crippen LogP contribution in [-0.2, 0) is 9.47 Å². The lowest BCUT2D eigenvalue weighted by Crippen LogP contribution is -2.41. The smallest absolute Gasteiger partial charge is 0.410 e. The molecule has 0 atom stereocenters. The number of benzene rings is 1. The Morgan fingerprint density at radius 2 is 1.85 bits per heavy atom. The number of carbonyl (C=O) groups excluding carboxylic acids is 2. The predicted octanol–water partition coefficient (Wildman–Crippen LogP) is 4.37. The highest BCUT2D eigenvalue weighted by atomic mass is 16.6. The second-order valence-electron chi connectivity index (χ2n) is 9.97. The molecule has 0 aliphatic carbocycles. The highest BCUT2D eigenvalue weighted by Crippen LogP contribution is 2.33. The minimum Gasteiger partial charge on any atom is -0.444 e. The van der Waals surface area contributed by atoms with Crippen molar-refractivity contribution in [3.63, 3.8) is 0 Å². The van der Waals surface area contributed by atoms with E-state index in [1.54, 1.807) is 18.2 Å². The Kier molecular flexibility index (Phi) is 8.36. The Morgan fingerprint density at radius 1 is 1.15 bits per heavy atom. The topological polar surface area (TPSA) is 85.7 Å². The fourth-order valence-electron chi connectivity index (χ4n) is 4.16. The Balaban J connectivity index is 1.85. The van der Waals surface area contributed by atoms with Crippen molar-refractivity contribution in [2.24, 2.45) is 0 Å². The number of nitrogens with zero attached hydrogens (tertiary/aromatic N) is 3. The molecule has 0 saturated carbocycles. The van der Waals surface area contributed by atoms with Gasteiger partial charge < -0.3 is 19.7 Å². The van der Waals surface area contributed by atoms with Gasteiger partial charge >= 0.3 is 6.09 Å². The minimum atomic E-state index is -0.524. The number of aromatic nitrogens is 2. The summed E-state index contributed by atoms with van der Waals surface area (Å²) in [6.45, 7) is 12.1. The van der Waals surface area contributed by atoms with E-state index in [9.17, 15) is 9.59 Å². The molecule has 1 fully saturated rings. The van der Waals surface area contributed by atoms with Gasteiger partial charge in [0.15, 0.2) is 0 Å². The number of carbonyl (C=O) groups is 2. The summed E-state index contributed by atoms with van der Waals surface area (Å²) in [6.07, 6.45) is 3.59. The summed E-state index contributed by atoms with van der Waals surface area (Å²) in [7, 11) is 1.65. The van der Waals surface area contributed by atoms with Gasteiger partial charge in [0.25, 0.3) is 5.91 Å². The number of methoxy groups -OCH3 is 1. The standard InChI is InChI=1S/C26H38N4O4/c1-18-8-9-21(16-19(18)2)30-23(22(17-28-30)24(31)27-12-7-15-33-6)20-10-13-29(14-11-20)25(32)34-26(3,4)5/h8-9,16-17,20H,7,10-15H2,1-6H3,(H,27,31). The van der Waals surface area contributed by atoms with Crippen LogP contribution in [0, 0.1) is 13.8 Å². The van der Waals surface area contributed by atoms with Crippen molar-refractivity contribution in [3.05, 3.63) is 46.8 Å². The van der Waals surface area contributed by atoms with Crippen LogP contribution in [0.2, 0.25) is 0 Å². The van der Waals surface area contributed by atoms with E-state index in [1.807, 2.05) is 31.5 Å². The predicted molar refractivity (Wildman–Crippen MR) is 132 cm³/mol. The second kappa shape index (κ2) is 11.0. The van der Waals surface area contributed by atoms with Crippen LogP contribution in [0.15, 0.2) is 24.4 Å². The number of hydrogen-bond acceptors (Lipinski definition) is 5. The summed E-state index contributed by atoms with van der Waals surface area (Å²) in [5, 5.41) is 7.62. The highest BCUT2D eigenvalue weighted by Gasteiger charge is 2.32. The molecule has 2 heterocycles. The normalized spacial score (nSPS) is 14.8. The third-order valence-corrected chi connectivity index (χ3v) is 6.13. The zero-order valence-electron chi connectivity index (χ0n) is 21.3. The largest absolute Gasteiger partial charge is 0.444 e. The zero-order chi connectivity index (χ0) is 24.9. The maximum absolute atomic E-state index is 13.1. The van der Waals surface area contributed by atoms with Gasteiger partial charge in [0, 0.05) is 39.3 Å². The van der Waals surface area contributed by atoms with Crippen molar-refractivity contribution in [1.82, 2.24) is 20.0 Å². The van der Waals surface area contributed by atoms with E-state index >= 15 is 0 Å². The third kappa shape index (κ3) is 6.38. The number of aryl methyl sites for hydroxylation is 2. The number of piperidine rings is 1. The van der Waals surface area contributed by atoms with Crippen molar-refractivity contribution in [2.75, 3.05) is 33.4 Å². The SMILES string of the molecule is COCCCNC(=O)c1cnn(-c2ccc(C)c(C)c2)c1C1CCN(C(=O)OC(C)(C)C)CC1. The van der Waals surface area contributed by atoms with Crippen molar-refractivity contribution < 1.29 is 19.1 Å². The molecular formula is C26H38N4O4. The number of ether oxygens (including phenoxy) is 2. The molecule has 34 heavy (non-hydrogen) atoms. The summed E-state index contributed by atoms with van der Waals surface area (Å²) in [6, 6.07) is 6.21. The summed E-state index contributed by atoms with van der Waals surface area (Å²) >= 11 is 0. The molecule has 0 spiro atoms. The Morgan fingerprint density at radius 3 is 2.47 bits per heavy atom. The van der Waals surface area contributed by atoms with Crippen LogP contribution in [0.25, 0.3) is 5.69 Å². The average Bonchev–Trinajstić information content (AvgIpc) is 3.22. The van der Waals surface area contributed by atoms with E-state index < -0.39 is 5.60 Å². The van der Waals surface area contributed by atoms with Gasteiger partial charge in [0.05, 0.1) is 23.1 Å². The molecule has 3 rings (SSSR count). The fourth-order valence-corrected chi connectivity index (χ4v) is 4.16.